The topological polar surface area (TPSA) is 12.0 Å². The summed E-state index contributed by atoms with van der Waals surface area (Å²) in [6.45, 7) is 7.38. The van der Waals surface area contributed by atoms with Gasteiger partial charge in [0.15, 0.2) is 0 Å². The second-order valence-electron chi connectivity index (χ2n) is 5.37. The van der Waals surface area contributed by atoms with Gasteiger partial charge in [-0.25, -0.2) is 0 Å². The van der Waals surface area contributed by atoms with E-state index in [0.717, 1.165) is 18.7 Å². The van der Waals surface area contributed by atoms with Crippen LogP contribution >= 0.6 is 11.6 Å². The lowest BCUT2D eigenvalue weighted by Crippen LogP contribution is -2.04. The van der Waals surface area contributed by atoms with Crippen LogP contribution in [0.4, 0.5) is 5.69 Å². The van der Waals surface area contributed by atoms with Crippen LogP contribution in [0.5, 0.6) is 0 Å². The van der Waals surface area contributed by atoms with Crippen LogP contribution in [0.3, 0.4) is 0 Å². The Morgan fingerprint density at radius 3 is 2.10 bits per heavy atom. The molecule has 2 aromatic rings. The minimum atomic E-state index is 0.675. The number of hydrogen-bond donors (Lipinski definition) is 1. The summed E-state index contributed by atoms with van der Waals surface area (Å²) in [5, 5.41) is 3.50. The number of benzene rings is 2. The van der Waals surface area contributed by atoms with Crippen molar-refractivity contribution < 1.29 is 0 Å². The van der Waals surface area contributed by atoms with Crippen LogP contribution in [0.25, 0.3) is 0 Å². The Bertz CT molecular complexity index is 549. The molecular weight excluding hydrogens is 266 g/mol. The van der Waals surface area contributed by atoms with Crippen LogP contribution < -0.4 is 5.32 Å². The van der Waals surface area contributed by atoms with E-state index < -0.39 is 0 Å². The number of rotatable bonds is 5. The van der Waals surface area contributed by atoms with Crippen LogP contribution in [0.15, 0.2) is 36.4 Å². The summed E-state index contributed by atoms with van der Waals surface area (Å²) in [6, 6.07) is 13.0. The van der Waals surface area contributed by atoms with E-state index in [2.05, 4.69) is 62.5 Å². The van der Waals surface area contributed by atoms with E-state index >= 15 is 0 Å². The zero-order valence-electron chi connectivity index (χ0n) is 12.5. The molecule has 0 atom stereocenters. The Hall–Kier alpha value is -1.47. The summed E-state index contributed by atoms with van der Waals surface area (Å²) in [5.74, 6) is 0.675. The molecule has 0 saturated heterocycles. The van der Waals surface area contributed by atoms with Gasteiger partial charge in [-0.1, -0.05) is 29.8 Å². The van der Waals surface area contributed by atoms with E-state index in [-0.39, 0.29) is 0 Å². The molecule has 0 aromatic heterocycles. The first-order valence-corrected chi connectivity index (χ1v) is 7.59. The highest BCUT2D eigenvalue weighted by molar-refractivity contribution is 6.17. The third kappa shape index (κ3) is 3.77. The summed E-state index contributed by atoms with van der Waals surface area (Å²) >= 11 is 5.75. The van der Waals surface area contributed by atoms with Gasteiger partial charge in [0.05, 0.1) is 0 Å². The second-order valence-corrected chi connectivity index (χ2v) is 5.74. The highest BCUT2D eigenvalue weighted by atomic mass is 35.5. The maximum Gasteiger partial charge on any atom is 0.0406 e. The molecule has 2 rings (SSSR count). The number of aryl methyl sites for hydroxylation is 4. The fourth-order valence-electron chi connectivity index (χ4n) is 2.58. The molecule has 2 aromatic carbocycles. The average molecular weight is 288 g/mol. The van der Waals surface area contributed by atoms with Crippen LogP contribution in [0.1, 0.15) is 27.8 Å². The minimum Gasteiger partial charge on any atom is -0.381 e. The maximum absolute atomic E-state index is 5.75. The number of anilines is 1. The minimum absolute atomic E-state index is 0.675. The van der Waals surface area contributed by atoms with Gasteiger partial charge in [-0.2, -0.15) is 0 Å². The van der Waals surface area contributed by atoms with Crippen molar-refractivity contribution in [3.05, 3.63) is 64.2 Å². The van der Waals surface area contributed by atoms with E-state index in [1.807, 2.05) is 0 Å². The number of hydrogen-bond acceptors (Lipinski definition) is 1. The Morgan fingerprint density at radius 2 is 1.55 bits per heavy atom. The first kappa shape index (κ1) is 14.9. The van der Waals surface area contributed by atoms with Crippen molar-refractivity contribution in [3.8, 4) is 0 Å². The van der Waals surface area contributed by atoms with Crippen LogP contribution in [-0.2, 0) is 13.0 Å². The molecule has 0 aliphatic heterocycles. The largest absolute Gasteiger partial charge is 0.381 e. The lowest BCUT2D eigenvalue weighted by Gasteiger charge is -2.13. The molecule has 0 spiro atoms. The number of alkyl halides is 1. The molecule has 0 aliphatic carbocycles. The molecule has 0 unspecified atom stereocenters. The van der Waals surface area contributed by atoms with Crippen LogP contribution in [0, 0.1) is 20.8 Å². The average Bonchev–Trinajstić information content (AvgIpc) is 2.39. The first-order chi connectivity index (χ1) is 9.60. The van der Waals surface area contributed by atoms with Gasteiger partial charge in [-0.05, 0) is 61.6 Å². The molecule has 20 heavy (non-hydrogen) atoms. The normalized spacial score (nSPS) is 10.6. The molecule has 1 nitrogen and oxygen atoms in total. The summed E-state index contributed by atoms with van der Waals surface area (Å²) in [4.78, 5) is 0. The van der Waals surface area contributed by atoms with Crippen molar-refractivity contribution >= 4 is 17.3 Å². The number of halogens is 1. The third-order valence-electron chi connectivity index (χ3n) is 3.65. The SMILES string of the molecule is Cc1cc(C)c(CNc2ccc(CCCl)cc2)c(C)c1. The lowest BCUT2D eigenvalue weighted by atomic mass is 10.00. The molecule has 0 radical (unpaired) electrons. The van der Waals surface area contributed by atoms with Gasteiger partial charge in [0.2, 0.25) is 0 Å². The Balaban J connectivity index is 2.05. The van der Waals surface area contributed by atoms with E-state index in [1.165, 1.54) is 27.8 Å². The molecule has 0 heterocycles. The molecule has 0 saturated carbocycles. The highest BCUT2D eigenvalue weighted by Crippen LogP contribution is 2.18. The van der Waals surface area contributed by atoms with Crippen molar-refractivity contribution in [3.63, 3.8) is 0 Å². The van der Waals surface area contributed by atoms with E-state index in [9.17, 15) is 0 Å². The van der Waals surface area contributed by atoms with Gasteiger partial charge in [0.1, 0.15) is 0 Å². The van der Waals surface area contributed by atoms with Gasteiger partial charge < -0.3 is 5.32 Å². The smallest absolute Gasteiger partial charge is 0.0406 e. The molecule has 0 aliphatic rings. The third-order valence-corrected chi connectivity index (χ3v) is 3.84. The maximum atomic E-state index is 5.75. The molecule has 1 N–H and O–H groups in total. The predicted molar refractivity (Wildman–Crippen MR) is 88.8 cm³/mol. The van der Waals surface area contributed by atoms with Crippen molar-refractivity contribution in [2.75, 3.05) is 11.2 Å². The Kier molecular flexibility index (Phi) is 5.08. The van der Waals surface area contributed by atoms with Crippen molar-refractivity contribution in [2.24, 2.45) is 0 Å². The van der Waals surface area contributed by atoms with Gasteiger partial charge in [0, 0.05) is 18.1 Å². The molecule has 0 fully saturated rings. The zero-order valence-corrected chi connectivity index (χ0v) is 13.2. The standard InChI is InChI=1S/C18H22ClN/c1-13-10-14(2)18(15(3)11-13)12-20-17-6-4-16(5-7-17)8-9-19/h4-7,10-11,20H,8-9,12H2,1-3H3. The van der Waals surface area contributed by atoms with E-state index in [1.54, 1.807) is 0 Å². The van der Waals surface area contributed by atoms with Crippen molar-refractivity contribution in [1.82, 2.24) is 0 Å². The monoisotopic (exact) mass is 287 g/mol. The quantitative estimate of drug-likeness (QED) is 0.763. The van der Waals surface area contributed by atoms with Gasteiger partial charge in [0.25, 0.3) is 0 Å². The summed E-state index contributed by atoms with van der Waals surface area (Å²) in [7, 11) is 0. The lowest BCUT2D eigenvalue weighted by molar-refractivity contribution is 1.08. The van der Waals surface area contributed by atoms with Crippen LogP contribution in [-0.4, -0.2) is 5.88 Å². The molecular formula is C18H22ClN. The summed E-state index contributed by atoms with van der Waals surface area (Å²) in [6.07, 6.45) is 0.929. The highest BCUT2D eigenvalue weighted by Gasteiger charge is 2.03. The fourth-order valence-corrected chi connectivity index (χ4v) is 2.80. The zero-order chi connectivity index (χ0) is 14.5. The van der Waals surface area contributed by atoms with E-state index in [0.29, 0.717) is 5.88 Å². The molecule has 0 amide bonds. The van der Waals surface area contributed by atoms with Crippen LogP contribution in [0.2, 0.25) is 0 Å². The predicted octanol–water partition coefficient (Wildman–Crippen LogP) is 5.01. The first-order valence-electron chi connectivity index (χ1n) is 7.05. The number of nitrogens with one attached hydrogen (secondary N) is 1. The fraction of sp³-hybridized carbons (Fsp3) is 0.333. The van der Waals surface area contributed by atoms with Gasteiger partial charge in [-0.15, -0.1) is 11.6 Å². The van der Waals surface area contributed by atoms with Gasteiger partial charge >= 0.3 is 0 Å². The molecule has 106 valence electrons. The second kappa shape index (κ2) is 6.81. The Morgan fingerprint density at radius 1 is 0.950 bits per heavy atom. The van der Waals surface area contributed by atoms with E-state index in [4.69, 9.17) is 11.6 Å². The Labute approximate surface area is 127 Å². The van der Waals surface area contributed by atoms with Crippen molar-refractivity contribution in [2.45, 2.75) is 33.7 Å². The molecule has 2 heteroatoms. The molecule has 0 bridgehead atoms. The van der Waals surface area contributed by atoms with Gasteiger partial charge in [-0.3, -0.25) is 0 Å². The summed E-state index contributed by atoms with van der Waals surface area (Å²) in [5.41, 5.74) is 7.87. The van der Waals surface area contributed by atoms with Crippen molar-refractivity contribution in [1.29, 1.82) is 0 Å². The summed E-state index contributed by atoms with van der Waals surface area (Å²) < 4.78 is 0.